The Labute approximate surface area is 120 Å². The van der Waals surface area contributed by atoms with Crippen molar-refractivity contribution in [3.8, 4) is 0 Å². The number of halogens is 1. The Hall–Kier alpha value is -1.42. The summed E-state index contributed by atoms with van der Waals surface area (Å²) >= 11 is 0. The van der Waals surface area contributed by atoms with Crippen LogP contribution in [0.3, 0.4) is 0 Å². The number of likely N-dealkylation sites (tertiary alicyclic amines) is 1. The second kappa shape index (κ2) is 6.84. The summed E-state index contributed by atoms with van der Waals surface area (Å²) in [4.78, 5) is 14.3. The van der Waals surface area contributed by atoms with Crippen molar-refractivity contribution in [2.45, 2.75) is 32.2 Å². The average molecular weight is 278 g/mol. The highest BCUT2D eigenvalue weighted by atomic mass is 19.1. The van der Waals surface area contributed by atoms with Crippen LogP contribution < -0.4 is 5.32 Å². The molecule has 1 aliphatic heterocycles. The fourth-order valence-corrected chi connectivity index (χ4v) is 2.66. The van der Waals surface area contributed by atoms with Crippen LogP contribution in [-0.4, -0.2) is 30.9 Å². The first-order valence-electron chi connectivity index (χ1n) is 7.28. The molecule has 1 fully saturated rings. The van der Waals surface area contributed by atoms with Gasteiger partial charge in [0.05, 0.1) is 6.04 Å². The Morgan fingerprint density at radius 2 is 1.95 bits per heavy atom. The molecule has 3 nitrogen and oxygen atoms in total. The normalized spacial score (nSPS) is 18.8. The second-order valence-corrected chi connectivity index (χ2v) is 5.79. The van der Waals surface area contributed by atoms with Crippen LogP contribution in [0.1, 0.15) is 37.8 Å². The molecule has 0 radical (unpaired) electrons. The third-order valence-corrected chi connectivity index (χ3v) is 4.06. The maximum absolute atomic E-state index is 12.9. The summed E-state index contributed by atoms with van der Waals surface area (Å²) in [6, 6.07) is 6.21. The van der Waals surface area contributed by atoms with Crippen molar-refractivity contribution < 1.29 is 9.18 Å². The number of benzene rings is 1. The lowest BCUT2D eigenvalue weighted by atomic mass is 9.93. The molecule has 1 aromatic rings. The molecule has 1 aromatic carbocycles. The molecular weight excluding hydrogens is 255 g/mol. The van der Waals surface area contributed by atoms with Crippen molar-refractivity contribution in [2.75, 3.05) is 20.1 Å². The van der Waals surface area contributed by atoms with Crippen molar-refractivity contribution >= 4 is 5.91 Å². The van der Waals surface area contributed by atoms with Crippen molar-refractivity contribution in [1.82, 2.24) is 10.2 Å². The number of rotatable bonds is 4. The minimum Gasteiger partial charge on any atom is -0.350 e. The first-order valence-corrected chi connectivity index (χ1v) is 7.28. The van der Waals surface area contributed by atoms with Crippen LogP contribution in [0.4, 0.5) is 4.39 Å². The number of nitrogens with zero attached hydrogens (tertiary/aromatic N) is 1. The third-order valence-electron chi connectivity index (χ3n) is 4.06. The molecule has 110 valence electrons. The molecule has 0 saturated carbocycles. The van der Waals surface area contributed by atoms with Gasteiger partial charge in [-0.05, 0) is 63.5 Å². The van der Waals surface area contributed by atoms with Gasteiger partial charge in [-0.25, -0.2) is 4.39 Å². The van der Waals surface area contributed by atoms with Crippen molar-refractivity contribution in [1.29, 1.82) is 0 Å². The van der Waals surface area contributed by atoms with Gasteiger partial charge >= 0.3 is 0 Å². The van der Waals surface area contributed by atoms with Crippen molar-refractivity contribution in [2.24, 2.45) is 5.92 Å². The lowest BCUT2D eigenvalue weighted by molar-refractivity contribution is -0.123. The molecule has 1 saturated heterocycles. The predicted octanol–water partition coefficient (Wildman–Crippen LogP) is 2.73. The highest BCUT2D eigenvalue weighted by Crippen LogP contribution is 2.20. The number of carbonyl (C=O) groups is 1. The Morgan fingerprint density at radius 3 is 2.55 bits per heavy atom. The Bertz CT molecular complexity index is 438. The molecule has 0 aromatic heterocycles. The molecule has 4 heteroatoms. The Morgan fingerprint density at radius 1 is 1.35 bits per heavy atom. The summed E-state index contributed by atoms with van der Waals surface area (Å²) < 4.78 is 12.9. The zero-order valence-corrected chi connectivity index (χ0v) is 12.2. The van der Waals surface area contributed by atoms with E-state index in [-0.39, 0.29) is 17.8 Å². The van der Waals surface area contributed by atoms with Gasteiger partial charge in [0.25, 0.3) is 0 Å². The fraction of sp³-hybridized carbons (Fsp3) is 0.562. The monoisotopic (exact) mass is 278 g/mol. The Kier molecular flexibility index (Phi) is 5.12. The van der Waals surface area contributed by atoms with E-state index in [4.69, 9.17) is 0 Å². The van der Waals surface area contributed by atoms with Gasteiger partial charge in [-0.2, -0.15) is 0 Å². The number of hydrogen-bond donors (Lipinski definition) is 1. The molecule has 1 atom stereocenters. The van der Waals surface area contributed by atoms with E-state index in [1.54, 1.807) is 12.1 Å². The van der Waals surface area contributed by atoms with Crippen LogP contribution in [0.25, 0.3) is 0 Å². The third kappa shape index (κ3) is 4.30. The predicted molar refractivity (Wildman–Crippen MR) is 77.8 cm³/mol. The van der Waals surface area contributed by atoms with Crippen LogP contribution in [0.2, 0.25) is 0 Å². The van der Waals surface area contributed by atoms with Gasteiger partial charge < -0.3 is 10.2 Å². The van der Waals surface area contributed by atoms with E-state index in [1.807, 2.05) is 6.92 Å². The smallest absolute Gasteiger partial charge is 0.220 e. The summed E-state index contributed by atoms with van der Waals surface area (Å²) in [7, 11) is 2.12. The number of piperidine rings is 1. The van der Waals surface area contributed by atoms with Gasteiger partial charge in [-0.15, -0.1) is 0 Å². The van der Waals surface area contributed by atoms with Crippen molar-refractivity contribution in [3.63, 3.8) is 0 Å². The van der Waals surface area contributed by atoms with Crippen LogP contribution in [0.5, 0.6) is 0 Å². The topological polar surface area (TPSA) is 32.3 Å². The number of amides is 1. The molecule has 1 N–H and O–H groups in total. The van der Waals surface area contributed by atoms with E-state index in [0.29, 0.717) is 12.3 Å². The van der Waals surface area contributed by atoms with E-state index in [2.05, 4.69) is 17.3 Å². The zero-order chi connectivity index (χ0) is 14.5. The fourth-order valence-electron chi connectivity index (χ4n) is 2.66. The van der Waals surface area contributed by atoms with E-state index in [1.165, 1.54) is 12.1 Å². The minimum atomic E-state index is -0.251. The van der Waals surface area contributed by atoms with Gasteiger partial charge in [-0.1, -0.05) is 12.1 Å². The summed E-state index contributed by atoms with van der Waals surface area (Å²) in [5, 5.41) is 3.00. The van der Waals surface area contributed by atoms with Gasteiger partial charge in [-0.3, -0.25) is 4.79 Å². The van der Waals surface area contributed by atoms with Gasteiger partial charge in [0.2, 0.25) is 5.91 Å². The summed E-state index contributed by atoms with van der Waals surface area (Å²) in [6.07, 6.45) is 2.78. The summed E-state index contributed by atoms with van der Waals surface area (Å²) in [6.45, 7) is 4.08. The molecule has 0 aliphatic carbocycles. The largest absolute Gasteiger partial charge is 0.350 e. The SMILES string of the molecule is C[C@H](NC(=O)CC1CCN(C)CC1)c1ccc(F)cc1. The number of hydrogen-bond acceptors (Lipinski definition) is 2. The lowest BCUT2D eigenvalue weighted by Gasteiger charge is -2.28. The van der Waals surface area contributed by atoms with E-state index in [9.17, 15) is 9.18 Å². The van der Waals surface area contributed by atoms with Crippen LogP contribution >= 0.6 is 0 Å². The zero-order valence-electron chi connectivity index (χ0n) is 12.2. The molecule has 0 bridgehead atoms. The molecule has 20 heavy (non-hydrogen) atoms. The van der Waals surface area contributed by atoms with Crippen LogP contribution in [-0.2, 0) is 4.79 Å². The first-order chi connectivity index (χ1) is 9.54. The van der Waals surface area contributed by atoms with E-state index < -0.39 is 0 Å². The quantitative estimate of drug-likeness (QED) is 0.918. The van der Waals surface area contributed by atoms with Crippen molar-refractivity contribution in [3.05, 3.63) is 35.6 Å². The number of carbonyl (C=O) groups excluding carboxylic acids is 1. The molecule has 1 heterocycles. The van der Waals surface area contributed by atoms with E-state index >= 15 is 0 Å². The minimum absolute atomic E-state index is 0.0747. The standard InChI is InChI=1S/C16H23FN2O/c1-12(14-3-5-15(17)6-4-14)18-16(20)11-13-7-9-19(2)10-8-13/h3-6,12-13H,7-11H2,1-2H3,(H,18,20)/t12-/m0/s1. The highest BCUT2D eigenvalue weighted by Gasteiger charge is 2.20. The first kappa shape index (κ1) is 15.0. The average Bonchev–Trinajstić information content (AvgIpc) is 2.42. The second-order valence-electron chi connectivity index (χ2n) is 5.79. The van der Waals surface area contributed by atoms with Gasteiger partial charge in [0.1, 0.15) is 5.82 Å². The van der Waals surface area contributed by atoms with Crippen LogP contribution in [0.15, 0.2) is 24.3 Å². The summed E-state index contributed by atoms with van der Waals surface area (Å²) in [5.41, 5.74) is 0.933. The maximum atomic E-state index is 12.9. The van der Waals surface area contributed by atoms with E-state index in [0.717, 1.165) is 31.5 Å². The number of nitrogens with one attached hydrogen (secondary N) is 1. The Balaban J connectivity index is 1.80. The molecule has 2 rings (SSSR count). The molecule has 1 amide bonds. The summed E-state index contributed by atoms with van der Waals surface area (Å²) in [5.74, 6) is 0.335. The molecule has 0 spiro atoms. The van der Waals surface area contributed by atoms with Gasteiger partial charge in [0, 0.05) is 6.42 Å². The molecule has 0 unspecified atom stereocenters. The molecule has 1 aliphatic rings. The van der Waals surface area contributed by atoms with Crippen LogP contribution in [0, 0.1) is 11.7 Å². The van der Waals surface area contributed by atoms with Gasteiger partial charge in [0.15, 0.2) is 0 Å². The lowest BCUT2D eigenvalue weighted by Crippen LogP contribution is -2.34. The molecular formula is C16H23FN2O. The highest BCUT2D eigenvalue weighted by molar-refractivity contribution is 5.76. The maximum Gasteiger partial charge on any atom is 0.220 e.